The van der Waals surface area contributed by atoms with Crippen molar-refractivity contribution in [3.05, 3.63) is 0 Å². The van der Waals surface area contributed by atoms with E-state index in [4.69, 9.17) is 15.3 Å². The third-order valence-electron chi connectivity index (χ3n) is 1.33. The van der Waals surface area contributed by atoms with E-state index in [0.717, 1.165) is 0 Å². The third kappa shape index (κ3) is 3.86. The molecular formula is C7H12O6. The molecule has 0 rings (SSSR count). The van der Waals surface area contributed by atoms with Crippen LogP contribution in [0.25, 0.3) is 0 Å². The van der Waals surface area contributed by atoms with Gasteiger partial charge >= 0.3 is 11.9 Å². The summed E-state index contributed by atoms with van der Waals surface area (Å²) in [4.78, 5) is 21.1. The Labute approximate surface area is 74.7 Å². The number of aliphatic hydroxyl groups excluding tert-OH is 2. The third-order valence-corrected chi connectivity index (χ3v) is 1.33. The zero-order chi connectivity index (χ0) is 10.4. The van der Waals surface area contributed by atoms with Crippen molar-refractivity contribution in [3.63, 3.8) is 0 Å². The van der Waals surface area contributed by atoms with Crippen LogP contribution in [-0.2, 0) is 14.3 Å². The molecule has 0 aromatic carbocycles. The van der Waals surface area contributed by atoms with Crippen LogP contribution in [0.3, 0.4) is 0 Å². The average Bonchev–Trinajstić information content (AvgIpc) is 2.11. The van der Waals surface area contributed by atoms with Crippen LogP contribution in [0.2, 0.25) is 0 Å². The van der Waals surface area contributed by atoms with Crippen LogP contribution in [0.5, 0.6) is 0 Å². The highest BCUT2D eigenvalue weighted by Crippen LogP contribution is 2.01. The zero-order valence-electron chi connectivity index (χ0n) is 7.14. The fourth-order valence-corrected chi connectivity index (χ4v) is 0.614. The second-order valence-electron chi connectivity index (χ2n) is 2.35. The molecule has 0 aliphatic heterocycles. The molecule has 0 saturated heterocycles. The van der Waals surface area contributed by atoms with Crippen LogP contribution in [-0.4, -0.2) is 46.1 Å². The normalized spacial score (nSPS) is 14.7. The van der Waals surface area contributed by atoms with Gasteiger partial charge in [0.2, 0.25) is 6.10 Å². The number of carboxylic acids is 1. The number of aliphatic carboxylic acids is 1. The van der Waals surface area contributed by atoms with Gasteiger partial charge in [-0.15, -0.1) is 0 Å². The molecule has 0 aliphatic carbocycles. The molecule has 0 bridgehead atoms. The van der Waals surface area contributed by atoms with Crippen molar-refractivity contribution in [3.8, 4) is 0 Å². The number of esters is 1. The largest absolute Gasteiger partial charge is 0.478 e. The Morgan fingerprint density at radius 3 is 2.31 bits per heavy atom. The fourth-order valence-electron chi connectivity index (χ4n) is 0.614. The van der Waals surface area contributed by atoms with E-state index in [-0.39, 0.29) is 6.42 Å². The standard InChI is InChI=1S/C7H12O6/c1-2-5(10)13-6(7(11)12)4(9)3-8/h4,6,8-9H,2-3H2,1H3,(H,11,12). The smallest absolute Gasteiger partial charge is 0.347 e. The minimum Gasteiger partial charge on any atom is -0.478 e. The van der Waals surface area contributed by atoms with E-state index in [1.165, 1.54) is 6.92 Å². The number of aliphatic hydroxyl groups is 2. The van der Waals surface area contributed by atoms with Crippen LogP contribution in [0, 0.1) is 0 Å². The van der Waals surface area contributed by atoms with E-state index in [1.54, 1.807) is 0 Å². The second kappa shape index (κ2) is 5.50. The highest BCUT2D eigenvalue weighted by atomic mass is 16.6. The topological polar surface area (TPSA) is 104 Å². The number of hydrogen-bond acceptors (Lipinski definition) is 5. The number of carbonyl (C=O) groups excluding carboxylic acids is 1. The van der Waals surface area contributed by atoms with Gasteiger partial charge in [0.1, 0.15) is 6.10 Å². The van der Waals surface area contributed by atoms with Crippen molar-refractivity contribution in [2.75, 3.05) is 6.61 Å². The van der Waals surface area contributed by atoms with Crippen molar-refractivity contribution < 1.29 is 29.6 Å². The Bertz CT molecular complexity index is 189. The van der Waals surface area contributed by atoms with Gasteiger partial charge < -0.3 is 20.1 Å². The molecule has 0 aromatic rings. The highest BCUT2D eigenvalue weighted by Gasteiger charge is 2.29. The molecule has 2 atom stereocenters. The van der Waals surface area contributed by atoms with Gasteiger partial charge in [-0.25, -0.2) is 4.79 Å². The molecule has 0 radical (unpaired) electrons. The molecule has 0 fully saturated rings. The first kappa shape index (κ1) is 11.9. The predicted molar refractivity (Wildman–Crippen MR) is 40.9 cm³/mol. The van der Waals surface area contributed by atoms with E-state index in [0.29, 0.717) is 0 Å². The van der Waals surface area contributed by atoms with Crippen LogP contribution in [0.4, 0.5) is 0 Å². The first-order chi connectivity index (χ1) is 6.02. The minimum absolute atomic E-state index is 0.0158. The Morgan fingerprint density at radius 2 is 2.00 bits per heavy atom. The predicted octanol–water partition coefficient (Wildman–Crippen LogP) is -1.25. The van der Waals surface area contributed by atoms with Crippen LogP contribution < -0.4 is 0 Å². The lowest BCUT2D eigenvalue weighted by molar-refractivity contribution is -0.173. The molecule has 0 heterocycles. The summed E-state index contributed by atoms with van der Waals surface area (Å²) >= 11 is 0. The van der Waals surface area contributed by atoms with Crippen LogP contribution in [0.15, 0.2) is 0 Å². The summed E-state index contributed by atoms with van der Waals surface area (Å²) in [5.41, 5.74) is 0. The summed E-state index contributed by atoms with van der Waals surface area (Å²) in [5, 5.41) is 25.8. The Kier molecular flexibility index (Phi) is 5.01. The van der Waals surface area contributed by atoms with Crippen molar-refractivity contribution in [1.82, 2.24) is 0 Å². The van der Waals surface area contributed by atoms with Gasteiger partial charge in [-0.3, -0.25) is 4.79 Å². The SMILES string of the molecule is CCC(=O)OC(C(=O)O)C(O)CO. The number of rotatable bonds is 5. The van der Waals surface area contributed by atoms with Crippen molar-refractivity contribution in [1.29, 1.82) is 0 Å². The first-order valence-electron chi connectivity index (χ1n) is 3.74. The molecular weight excluding hydrogens is 180 g/mol. The van der Waals surface area contributed by atoms with Gasteiger partial charge in [0, 0.05) is 6.42 Å². The van der Waals surface area contributed by atoms with Gasteiger partial charge in [0.15, 0.2) is 0 Å². The maximum absolute atomic E-state index is 10.7. The summed E-state index contributed by atoms with van der Waals surface area (Å²) in [6.45, 7) is 0.723. The second-order valence-corrected chi connectivity index (χ2v) is 2.35. The van der Waals surface area contributed by atoms with E-state index < -0.39 is 30.8 Å². The number of hydrogen-bond donors (Lipinski definition) is 3. The fraction of sp³-hybridized carbons (Fsp3) is 0.714. The maximum atomic E-state index is 10.7. The average molecular weight is 192 g/mol. The molecule has 0 aliphatic rings. The van der Waals surface area contributed by atoms with Gasteiger partial charge in [0.05, 0.1) is 6.61 Å². The number of carboxylic acid groups (broad SMARTS) is 1. The van der Waals surface area contributed by atoms with Crippen molar-refractivity contribution >= 4 is 11.9 Å². The minimum atomic E-state index is -1.70. The van der Waals surface area contributed by atoms with E-state index in [2.05, 4.69) is 4.74 Å². The first-order valence-corrected chi connectivity index (χ1v) is 3.74. The molecule has 3 N–H and O–H groups in total. The molecule has 0 amide bonds. The molecule has 0 saturated carbocycles. The Morgan fingerprint density at radius 1 is 1.46 bits per heavy atom. The number of carbonyl (C=O) groups is 2. The quantitative estimate of drug-likeness (QED) is 0.470. The highest BCUT2D eigenvalue weighted by molar-refractivity contribution is 5.78. The maximum Gasteiger partial charge on any atom is 0.347 e. The lowest BCUT2D eigenvalue weighted by Gasteiger charge is -2.16. The van der Waals surface area contributed by atoms with Gasteiger partial charge in [-0.1, -0.05) is 6.92 Å². The molecule has 13 heavy (non-hydrogen) atoms. The summed E-state index contributed by atoms with van der Waals surface area (Å²) < 4.78 is 4.37. The van der Waals surface area contributed by atoms with Crippen LogP contribution in [0.1, 0.15) is 13.3 Å². The monoisotopic (exact) mass is 192 g/mol. The lowest BCUT2D eigenvalue weighted by atomic mass is 10.2. The summed E-state index contributed by atoms with van der Waals surface area (Å²) in [7, 11) is 0. The Hall–Kier alpha value is -1.14. The molecule has 0 spiro atoms. The van der Waals surface area contributed by atoms with E-state index in [1.807, 2.05) is 0 Å². The molecule has 76 valence electrons. The molecule has 6 nitrogen and oxygen atoms in total. The van der Waals surface area contributed by atoms with Gasteiger partial charge in [-0.2, -0.15) is 0 Å². The Balaban J connectivity index is 4.26. The molecule has 2 unspecified atom stereocenters. The summed E-state index contributed by atoms with van der Waals surface area (Å²) in [6.07, 6.45) is -3.27. The van der Waals surface area contributed by atoms with E-state index >= 15 is 0 Å². The van der Waals surface area contributed by atoms with Crippen LogP contribution >= 0.6 is 0 Å². The van der Waals surface area contributed by atoms with Gasteiger partial charge in [0.25, 0.3) is 0 Å². The molecule has 0 aromatic heterocycles. The van der Waals surface area contributed by atoms with E-state index in [9.17, 15) is 9.59 Å². The lowest BCUT2D eigenvalue weighted by Crippen LogP contribution is -2.40. The van der Waals surface area contributed by atoms with Gasteiger partial charge in [-0.05, 0) is 0 Å². The number of ether oxygens (including phenoxy) is 1. The summed E-state index contributed by atoms with van der Waals surface area (Å²) in [5.74, 6) is -2.22. The zero-order valence-corrected chi connectivity index (χ0v) is 7.14. The van der Waals surface area contributed by atoms with Crippen molar-refractivity contribution in [2.45, 2.75) is 25.6 Å². The molecule has 6 heteroatoms. The van der Waals surface area contributed by atoms with Crippen molar-refractivity contribution in [2.24, 2.45) is 0 Å². The summed E-state index contributed by atoms with van der Waals surface area (Å²) in [6, 6.07) is 0.